The van der Waals surface area contributed by atoms with Gasteiger partial charge in [0.05, 0.1) is 0 Å². The highest BCUT2D eigenvalue weighted by Gasteiger charge is 2.53. The Morgan fingerprint density at radius 2 is 2.09 bits per heavy atom. The van der Waals surface area contributed by atoms with E-state index >= 15 is 0 Å². The number of ketones is 1. The van der Waals surface area contributed by atoms with Crippen LogP contribution in [0.5, 0.6) is 0 Å². The molecule has 0 amide bonds. The molecule has 1 aliphatic heterocycles. The highest BCUT2D eigenvalue weighted by Crippen LogP contribution is 2.51. The van der Waals surface area contributed by atoms with E-state index in [2.05, 4.69) is 5.32 Å². The van der Waals surface area contributed by atoms with Crippen LogP contribution in [0.2, 0.25) is 0 Å². The van der Waals surface area contributed by atoms with Crippen LogP contribution < -0.4 is 5.32 Å². The van der Waals surface area contributed by atoms with Gasteiger partial charge >= 0.3 is 0 Å². The second-order valence-corrected chi connectivity index (χ2v) is 4.26. The first-order valence-electron chi connectivity index (χ1n) is 4.59. The summed E-state index contributed by atoms with van der Waals surface area (Å²) in [6, 6.07) is 0. The number of hydrogen-bond acceptors (Lipinski definition) is 2. The van der Waals surface area contributed by atoms with E-state index in [4.69, 9.17) is 0 Å². The highest BCUT2D eigenvalue weighted by molar-refractivity contribution is 5.85. The number of Topliss-reactive ketones (excluding diaryl/α,β-unsaturated/α-hetero) is 1. The zero-order chi connectivity index (χ0) is 7.42. The Kier molecular flexibility index (Phi) is 1.05. The van der Waals surface area contributed by atoms with Gasteiger partial charge in [-0.25, -0.2) is 0 Å². The van der Waals surface area contributed by atoms with E-state index in [0.29, 0.717) is 11.7 Å². The third-order valence-electron chi connectivity index (χ3n) is 3.87. The molecule has 2 saturated carbocycles. The maximum absolute atomic E-state index is 11.4. The molecule has 0 unspecified atom stereocenters. The SMILES string of the molecule is O=C1C[C@@H]2C[C@H]1[C@@H]1CNC[C@H]21. The molecule has 11 heavy (non-hydrogen) atoms. The van der Waals surface area contributed by atoms with Crippen LogP contribution in [0.3, 0.4) is 0 Å². The molecule has 0 aromatic rings. The van der Waals surface area contributed by atoms with E-state index in [1.54, 1.807) is 0 Å². The Balaban J connectivity index is 1.95. The predicted molar refractivity (Wildman–Crippen MR) is 41.1 cm³/mol. The summed E-state index contributed by atoms with van der Waals surface area (Å²) < 4.78 is 0. The quantitative estimate of drug-likeness (QED) is 0.544. The van der Waals surface area contributed by atoms with Gasteiger partial charge in [-0.15, -0.1) is 0 Å². The first-order valence-corrected chi connectivity index (χ1v) is 4.59. The van der Waals surface area contributed by atoms with Gasteiger partial charge in [-0.05, 0) is 37.3 Å². The molecule has 0 radical (unpaired) electrons. The number of carbonyl (C=O) groups is 1. The highest BCUT2D eigenvalue weighted by atomic mass is 16.1. The zero-order valence-electron chi connectivity index (χ0n) is 6.55. The van der Waals surface area contributed by atoms with Crippen LogP contribution in [0.15, 0.2) is 0 Å². The van der Waals surface area contributed by atoms with E-state index in [-0.39, 0.29) is 0 Å². The normalized spacial score (nSPS) is 53.6. The molecule has 3 aliphatic rings. The molecule has 3 rings (SSSR count). The zero-order valence-corrected chi connectivity index (χ0v) is 6.55. The van der Waals surface area contributed by atoms with Crippen LogP contribution in [0.4, 0.5) is 0 Å². The molecule has 3 fully saturated rings. The second-order valence-electron chi connectivity index (χ2n) is 4.26. The Morgan fingerprint density at radius 1 is 1.27 bits per heavy atom. The van der Waals surface area contributed by atoms with E-state index in [0.717, 1.165) is 30.7 Å². The molecular formula is C9H13NO. The van der Waals surface area contributed by atoms with Gasteiger partial charge in [0, 0.05) is 12.3 Å². The van der Waals surface area contributed by atoms with E-state index in [9.17, 15) is 4.79 Å². The van der Waals surface area contributed by atoms with Crippen molar-refractivity contribution in [2.45, 2.75) is 12.8 Å². The molecule has 2 heteroatoms. The topological polar surface area (TPSA) is 29.1 Å². The van der Waals surface area contributed by atoms with Gasteiger partial charge in [0.15, 0.2) is 0 Å². The number of hydrogen-bond donors (Lipinski definition) is 1. The number of fused-ring (bicyclic) bond motifs is 5. The van der Waals surface area contributed by atoms with Crippen molar-refractivity contribution in [3.8, 4) is 0 Å². The summed E-state index contributed by atoms with van der Waals surface area (Å²) in [7, 11) is 0. The number of nitrogens with one attached hydrogen (secondary N) is 1. The smallest absolute Gasteiger partial charge is 0.136 e. The summed E-state index contributed by atoms with van der Waals surface area (Å²) in [4.78, 5) is 11.4. The molecular weight excluding hydrogens is 138 g/mol. The summed E-state index contributed by atoms with van der Waals surface area (Å²) in [6.07, 6.45) is 2.11. The summed E-state index contributed by atoms with van der Waals surface area (Å²) >= 11 is 0. The molecule has 1 saturated heterocycles. The Labute approximate surface area is 66.4 Å². The van der Waals surface area contributed by atoms with Gasteiger partial charge in [0.2, 0.25) is 0 Å². The van der Waals surface area contributed by atoms with Crippen molar-refractivity contribution in [2.24, 2.45) is 23.7 Å². The maximum atomic E-state index is 11.4. The Bertz CT molecular complexity index is 214. The molecule has 2 nitrogen and oxygen atoms in total. The first kappa shape index (κ1) is 6.18. The lowest BCUT2D eigenvalue weighted by Crippen LogP contribution is -2.26. The van der Waals surface area contributed by atoms with E-state index < -0.39 is 0 Å². The fourth-order valence-corrected chi connectivity index (χ4v) is 3.37. The van der Waals surface area contributed by atoms with Gasteiger partial charge in [-0.2, -0.15) is 0 Å². The largest absolute Gasteiger partial charge is 0.316 e. The molecule has 2 aliphatic carbocycles. The fraction of sp³-hybridized carbons (Fsp3) is 0.889. The molecule has 4 atom stereocenters. The molecule has 0 aromatic carbocycles. The van der Waals surface area contributed by atoms with Crippen molar-refractivity contribution in [1.29, 1.82) is 0 Å². The van der Waals surface area contributed by atoms with Crippen molar-refractivity contribution < 1.29 is 4.79 Å². The molecule has 0 spiro atoms. The van der Waals surface area contributed by atoms with Crippen LogP contribution in [0.25, 0.3) is 0 Å². The van der Waals surface area contributed by atoms with Crippen LogP contribution >= 0.6 is 0 Å². The fourth-order valence-electron chi connectivity index (χ4n) is 3.37. The number of carbonyl (C=O) groups excluding carboxylic acids is 1. The van der Waals surface area contributed by atoms with Crippen molar-refractivity contribution in [3.63, 3.8) is 0 Å². The second kappa shape index (κ2) is 1.86. The summed E-state index contributed by atoms with van der Waals surface area (Å²) in [5.74, 6) is 3.35. The van der Waals surface area contributed by atoms with Gasteiger partial charge in [-0.1, -0.05) is 0 Å². The van der Waals surface area contributed by atoms with Crippen molar-refractivity contribution in [2.75, 3.05) is 13.1 Å². The molecule has 1 heterocycles. The van der Waals surface area contributed by atoms with Gasteiger partial charge in [-0.3, -0.25) is 4.79 Å². The third kappa shape index (κ3) is 0.639. The minimum Gasteiger partial charge on any atom is -0.316 e. The summed E-state index contributed by atoms with van der Waals surface area (Å²) in [5, 5.41) is 3.39. The summed E-state index contributed by atoms with van der Waals surface area (Å²) in [5.41, 5.74) is 0. The Hall–Kier alpha value is -0.370. The molecule has 1 N–H and O–H groups in total. The molecule has 0 aromatic heterocycles. The first-order chi connectivity index (χ1) is 5.36. The Morgan fingerprint density at radius 3 is 3.00 bits per heavy atom. The van der Waals surface area contributed by atoms with Gasteiger partial charge in [0.25, 0.3) is 0 Å². The van der Waals surface area contributed by atoms with Crippen molar-refractivity contribution in [1.82, 2.24) is 5.32 Å². The monoisotopic (exact) mass is 151 g/mol. The molecule has 2 bridgehead atoms. The standard InChI is InChI=1S/C9H13NO/c11-9-2-5-1-6(9)8-4-10-3-7(5)8/h5-8,10H,1-4H2/t5-,6-,7+,8-/m0/s1. The lowest BCUT2D eigenvalue weighted by atomic mass is 9.81. The van der Waals surface area contributed by atoms with E-state index in [1.165, 1.54) is 13.0 Å². The van der Waals surface area contributed by atoms with Crippen LogP contribution in [-0.2, 0) is 4.79 Å². The lowest BCUT2D eigenvalue weighted by molar-refractivity contribution is -0.123. The average molecular weight is 151 g/mol. The summed E-state index contributed by atoms with van der Waals surface area (Å²) in [6.45, 7) is 2.29. The van der Waals surface area contributed by atoms with E-state index in [1.807, 2.05) is 0 Å². The van der Waals surface area contributed by atoms with Crippen molar-refractivity contribution >= 4 is 5.78 Å². The van der Waals surface area contributed by atoms with Crippen LogP contribution in [0.1, 0.15) is 12.8 Å². The third-order valence-corrected chi connectivity index (χ3v) is 3.87. The van der Waals surface area contributed by atoms with Crippen molar-refractivity contribution in [3.05, 3.63) is 0 Å². The maximum Gasteiger partial charge on any atom is 0.136 e. The van der Waals surface area contributed by atoms with Gasteiger partial charge in [0.1, 0.15) is 5.78 Å². The predicted octanol–water partition coefficient (Wildman–Crippen LogP) is 0.431. The minimum absolute atomic E-state index is 0.458. The lowest BCUT2D eigenvalue weighted by Gasteiger charge is -2.21. The van der Waals surface area contributed by atoms with Crippen LogP contribution in [-0.4, -0.2) is 18.9 Å². The number of rotatable bonds is 0. The minimum atomic E-state index is 0.458. The molecule has 60 valence electrons. The average Bonchev–Trinajstić information content (AvgIpc) is 2.52. The van der Waals surface area contributed by atoms with Gasteiger partial charge < -0.3 is 5.32 Å². The van der Waals surface area contributed by atoms with Crippen LogP contribution in [0, 0.1) is 23.7 Å².